The zero-order chi connectivity index (χ0) is 15.9. The number of hydrogen-bond acceptors (Lipinski definition) is 4. The number of thiazole rings is 1. The Morgan fingerprint density at radius 1 is 1.36 bits per heavy atom. The van der Waals surface area contributed by atoms with Crippen LogP contribution in [0.3, 0.4) is 0 Å². The van der Waals surface area contributed by atoms with Crippen molar-refractivity contribution in [1.82, 2.24) is 9.88 Å². The van der Waals surface area contributed by atoms with Crippen LogP contribution in [0.15, 0.2) is 12.1 Å². The molecular weight excluding hydrogens is 294 g/mol. The molecule has 1 aromatic carbocycles. The number of rotatable bonds is 2. The molecule has 1 atom stereocenters. The summed E-state index contributed by atoms with van der Waals surface area (Å²) in [5, 5.41) is 1.06. The predicted octanol–water partition coefficient (Wildman–Crippen LogP) is 3.22. The first-order valence-electron chi connectivity index (χ1n) is 7.79. The average Bonchev–Trinajstić information content (AvgIpc) is 2.90. The Morgan fingerprint density at radius 3 is 2.86 bits per heavy atom. The van der Waals surface area contributed by atoms with Gasteiger partial charge in [-0.25, -0.2) is 4.98 Å². The molecule has 1 aliphatic rings. The summed E-state index contributed by atoms with van der Waals surface area (Å²) in [5.74, 6) is 0.330. The third-order valence-corrected chi connectivity index (χ3v) is 5.36. The molecule has 0 bridgehead atoms. The highest BCUT2D eigenvalue weighted by molar-refractivity contribution is 7.22. The fraction of sp³-hybridized carbons (Fsp3) is 0.529. The Morgan fingerprint density at radius 2 is 2.14 bits per heavy atom. The Kier molecular flexibility index (Phi) is 4.08. The first kappa shape index (κ1) is 15.3. The van der Waals surface area contributed by atoms with Crippen molar-refractivity contribution in [3.05, 3.63) is 23.3 Å². The number of aryl methyl sites for hydroxylation is 2. The number of anilines is 1. The number of fused-ring (bicyclic) bond motifs is 1. The molecule has 1 unspecified atom stereocenters. The van der Waals surface area contributed by atoms with Crippen LogP contribution in [0.4, 0.5) is 5.13 Å². The highest BCUT2D eigenvalue weighted by Gasteiger charge is 2.28. The van der Waals surface area contributed by atoms with Crippen LogP contribution in [-0.2, 0) is 4.79 Å². The molecule has 5 heteroatoms. The summed E-state index contributed by atoms with van der Waals surface area (Å²) in [6.45, 7) is 6.02. The number of benzene rings is 1. The molecule has 22 heavy (non-hydrogen) atoms. The lowest BCUT2D eigenvalue weighted by molar-refractivity contribution is -0.133. The van der Waals surface area contributed by atoms with Gasteiger partial charge in [-0.1, -0.05) is 17.4 Å². The predicted molar refractivity (Wildman–Crippen MR) is 92.7 cm³/mol. The van der Waals surface area contributed by atoms with Gasteiger partial charge in [0.1, 0.15) is 0 Å². The van der Waals surface area contributed by atoms with Crippen molar-refractivity contribution in [2.45, 2.75) is 26.7 Å². The van der Waals surface area contributed by atoms with Crippen LogP contribution >= 0.6 is 11.3 Å². The molecule has 2 aromatic rings. The monoisotopic (exact) mass is 317 g/mol. The lowest BCUT2D eigenvalue weighted by Crippen LogP contribution is -2.42. The van der Waals surface area contributed by atoms with Gasteiger partial charge in [-0.15, -0.1) is 0 Å². The summed E-state index contributed by atoms with van der Waals surface area (Å²) in [4.78, 5) is 21.1. The van der Waals surface area contributed by atoms with E-state index in [9.17, 15) is 4.79 Å². The number of aromatic nitrogens is 1. The zero-order valence-corrected chi connectivity index (χ0v) is 14.5. The molecule has 1 fully saturated rings. The van der Waals surface area contributed by atoms with Gasteiger partial charge in [-0.2, -0.15) is 0 Å². The third-order valence-electron chi connectivity index (χ3n) is 4.30. The van der Waals surface area contributed by atoms with E-state index >= 15 is 0 Å². The average molecular weight is 317 g/mol. The van der Waals surface area contributed by atoms with Crippen LogP contribution in [0.2, 0.25) is 0 Å². The molecular formula is C17H23N3OS. The molecule has 1 aromatic heterocycles. The van der Waals surface area contributed by atoms with E-state index in [1.54, 1.807) is 16.2 Å². The third kappa shape index (κ3) is 2.82. The fourth-order valence-corrected chi connectivity index (χ4v) is 4.39. The standard InChI is InChI=1S/C17H23N3OS/c1-11-8-12(2)15-14(9-11)22-17(18-15)20-7-5-6-13(10-20)16(21)19(3)4/h8-9,13H,5-7,10H2,1-4H3. The number of carbonyl (C=O) groups is 1. The van der Waals surface area contributed by atoms with Crippen molar-refractivity contribution < 1.29 is 4.79 Å². The van der Waals surface area contributed by atoms with Crippen LogP contribution < -0.4 is 4.90 Å². The Bertz CT molecular complexity index is 707. The fourth-order valence-electron chi connectivity index (χ4n) is 3.21. The first-order chi connectivity index (χ1) is 10.5. The van der Waals surface area contributed by atoms with Crippen LogP contribution in [0.1, 0.15) is 24.0 Å². The van der Waals surface area contributed by atoms with E-state index in [4.69, 9.17) is 4.98 Å². The van der Waals surface area contributed by atoms with Gasteiger partial charge in [0.05, 0.1) is 16.1 Å². The van der Waals surface area contributed by atoms with Crippen LogP contribution in [0.5, 0.6) is 0 Å². The summed E-state index contributed by atoms with van der Waals surface area (Å²) >= 11 is 1.74. The van der Waals surface area contributed by atoms with E-state index in [0.29, 0.717) is 0 Å². The van der Waals surface area contributed by atoms with Gasteiger partial charge in [0.2, 0.25) is 5.91 Å². The second-order valence-electron chi connectivity index (χ2n) is 6.44. The van der Waals surface area contributed by atoms with Gasteiger partial charge < -0.3 is 9.80 Å². The smallest absolute Gasteiger partial charge is 0.226 e. The molecule has 0 aliphatic carbocycles. The van der Waals surface area contributed by atoms with Crippen LogP contribution in [0, 0.1) is 19.8 Å². The summed E-state index contributed by atoms with van der Waals surface area (Å²) in [6, 6.07) is 4.39. The molecule has 1 amide bonds. The Labute approximate surface area is 135 Å². The highest BCUT2D eigenvalue weighted by Crippen LogP contribution is 2.33. The lowest BCUT2D eigenvalue weighted by Gasteiger charge is -2.32. The largest absolute Gasteiger partial charge is 0.349 e. The number of amides is 1. The molecule has 3 rings (SSSR count). The van der Waals surface area contributed by atoms with Gasteiger partial charge >= 0.3 is 0 Å². The normalized spacial score (nSPS) is 18.7. The molecule has 0 saturated carbocycles. The molecule has 0 N–H and O–H groups in total. The van der Waals surface area contributed by atoms with Crippen molar-refractivity contribution in [2.24, 2.45) is 5.92 Å². The molecule has 118 valence electrons. The minimum Gasteiger partial charge on any atom is -0.349 e. The van der Waals surface area contributed by atoms with Crippen molar-refractivity contribution >= 4 is 32.6 Å². The number of nitrogens with zero attached hydrogens (tertiary/aromatic N) is 3. The molecule has 0 spiro atoms. The maximum Gasteiger partial charge on any atom is 0.226 e. The van der Waals surface area contributed by atoms with E-state index in [0.717, 1.165) is 36.6 Å². The number of piperidine rings is 1. The van der Waals surface area contributed by atoms with E-state index < -0.39 is 0 Å². The summed E-state index contributed by atoms with van der Waals surface area (Å²) in [7, 11) is 3.68. The quantitative estimate of drug-likeness (QED) is 0.853. The highest BCUT2D eigenvalue weighted by atomic mass is 32.1. The van der Waals surface area contributed by atoms with Gasteiger partial charge in [-0.3, -0.25) is 4.79 Å². The van der Waals surface area contributed by atoms with Crippen LogP contribution in [-0.4, -0.2) is 43.0 Å². The Balaban J connectivity index is 1.87. The topological polar surface area (TPSA) is 36.4 Å². The summed E-state index contributed by atoms with van der Waals surface area (Å²) in [5.41, 5.74) is 3.61. The van der Waals surface area contributed by atoms with Gasteiger partial charge in [0, 0.05) is 27.2 Å². The van der Waals surface area contributed by atoms with E-state index in [-0.39, 0.29) is 11.8 Å². The van der Waals surface area contributed by atoms with Gasteiger partial charge in [-0.05, 0) is 43.9 Å². The Hall–Kier alpha value is -1.62. The second-order valence-corrected chi connectivity index (χ2v) is 7.45. The minimum atomic E-state index is 0.0959. The van der Waals surface area contributed by atoms with Crippen LogP contribution in [0.25, 0.3) is 10.2 Å². The second kappa shape index (κ2) is 5.88. The van der Waals surface area contributed by atoms with E-state index in [1.165, 1.54) is 15.8 Å². The number of carbonyl (C=O) groups excluding carboxylic acids is 1. The van der Waals surface area contributed by atoms with Crippen molar-refractivity contribution in [1.29, 1.82) is 0 Å². The summed E-state index contributed by atoms with van der Waals surface area (Å²) in [6.07, 6.45) is 2.04. The van der Waals surface area contributed by atoms with Gasteiger partial charge in [0.25, 0.3) is 0 Å². The minimum absolute atomic E-state index is 0.0959. The first-order valence-corrected chi connectivity index (χ1v) is 8.61. The molecule has 2 heterocycles. The lowest BCUT2D eigenvalue weighted by atomic mass is 9.97. The van der Waals surface area contributed by atoms with E-state index in [2.05, 4.69) is 30.9 Å². The summed E-state index contributed by atoms with van der Waals surface area (Å²) < 4.78 is 1.24. The molecule has 4 nitrogen and oxygen atoms in total. The molecule has 0 radical (unpaired) electrons. The molecule has 1 saturated heterocycles. The van der Waals surface area contributed by atoms with Crippen molar-refractivity contribution in [3.63, 3.8) is 0 Å². The van der Waals surface area contributed by atoms with Gasteiger partial charge in [0.15, 0.2) is 5.13 Å². The number of hydrogen-bond donors (Lipinski definition) is 0. The zero-order valence-electron chi connectivity index (χ0n) is 13.7. The maximum atomic E-state index is 12.2. The molecule has 1 aliphatic heterocycles. The van der Waals surface area contributed by atoms with Crippen molar-refractivity contribution in [2.75, 3.05) is 32.1 Å². The van der Waals surface area contributed by atoms with E-state index in [1.807, 2.05) is 14.1 Å². The maximum absolute atomic E-state index is 12.2. The van der Waals surface area contributed by atoms with Crippen molar-refractivity contribution in [3.8, 4) is 0 Å². The SMILES string of the molecule is Cc1cc(C)c2nc(N3CCCC(C(=O)N(C)C)C3)sc2c1.